The highest BCUT2D eigenvalue weighted by molar-refractivity contribution is 6.48. The predicted octanol–water partition coefficient (Wildman–Crippen LogP) is 37.2. The minimum atomic E-state index is -0.0995. The lowest BCUT2D eigenvalue weighted by atomic mass is 9.57. The highest BCUT2D eigenvalue weighted by atomic mass is 15.3. The number of anilines is 8. The standard InChI is InChI=1S/C131H132N4/c1-17-131(80(2)3)71-70-130(16)109(79-131)105-75-86(51-63-113(105)135(130)93-46-34-23-35-47-93)97-55-59-101-119-100(58-54-96(117(97)119)85-50-62-112-104(74-85)108-78-89(126(10,11)12)66-69-129(108,15)134(112)92-44-32-22-33-45-92)122-114(81-36-24-18-25-37-81)120-98-56-52-94(83-48-60-110-102(72-83)106-76-87(124(4,5)6)64-67-127(106,13)132(110)90-40-28-20-29-41-90)116-95(53-57-99(118(98)116)121(120)115(123(101)122)82-38-26-19-27-39-82)84-49-61-111-103(73-84)107-77-88(125(7,8)9)65-68-128(107,14)133(111)91-42-30-21-31-43-91/h18-63,72-75,80,87-89,106-109H,17,64-71,76-79H2,1-16H3. The van der Waals surface area contributed by atoms with Crippen molar-refractivity contribution in [1.29, 1.82) is 0 Å². The van der Waals surface area contributed by atoms with Gasteiger partial charge in [0.15, 0.2) is 0 Å². The Balaban J connectivity index is 0.785. The number of benzene rings is 15. The maximum Gasteiger partial charge on any atom is 0.0493 e. The Morgan fingerprint density at radius 1 is 0.274 bits per heavy atom. The molecule has 676 valence electrons. The van der Waals surface area contributed by atoms with E-state index < -0.39 is 0 Å². The average molecular weight is 1760 g/mol. The van der Waals surface area contributed by atoms with Crippen molar-refractivity contribution in [2.24, 2.45) is 45.3 Å². The second-order valence-electron chi connectivity index (χ2n) is 47.6. The summed E-state index contributed by atoms with van der Waals surface area (Å²) >= 11 is 0. The summed E-state index contributed by atoms with van der Waals surface area (Å²) in [5, 5.41) is 16.0. The number of rotatable bonds is 12. The van der Waals surface area contributed by atoms with E-state index in [1.807, 2.05) is 0 Å². The van der Waals surface area contributed by atoms with Crippen LogP contribution in [0.4, 0.5) is 45.5 Å². The van der Waals surface area contributed by atoms with E-state index in [4.69, 9.17) is 0 Å². The van der Waals surface area contributed by atoms with Crippen molar-refractivity contribution >= 4 is 110 Å². The van der Waals surface area contributed by atoms with Crippen LogP contribution in [0.25, 0.3) is 131 Å². The predicted molar refractivity (Wildman–Crippen MR) is 577 cm³/mol. The number of fused-ring (bicyclic) bond motifs is 18. The van der Waals surface area contributed by atoms with Crippen LogP contribution in [0.5, 0.6) is 0 Å². The first-order valence-corrected chi connectivity index (χ1v) is 51.6. The van der Waals surface area contributed by atoms with Gasteiger partial charge in [-0.15, -0.1) is 0 Å². The van der Waals surface area contributed by atoms with Crippen molar-refractivity contribution in [3.8, 4) is 66.8 Å². The van der Waals surface area contributed by atoms with E-state index in [1.165, 1.54) is 238 Å². The third-order valence-corrected chi connectivity index (χ3v) is 37.8. The lowest BCUT2D eigenvalue weighted by Crippen LogP contribution is -2.50. The van der Waals surface area contributed by atoms with E-state index in [-0.39, 0.29) is 43.8 Å². The minimum absolute atomic E-state index is 0.0918. The lowest BCUT2D eigenvalue weighted by Gasteiger charge is -2.52. The normalized spacial score (nSPS) is 25.4. The Morgan fingerprint density at radius 3 is 0.793 bits per heavy atom. The SMILES string of the molecule is CCC1(C(C)C)CCC2(C)C(C1)c1cc(-c3ccc4c5c(-c6ccccc6)c6c7ccc(-c8ccc9c(c8)C8CC(C(C)(C)C)CCC8(C)N9c8ccccc8)c8c(-c9ccc%10c(c9)C9CC(C(C)(C)C)CCC9(C)N%10c9ccccc9)ccc(c6c(-c6ccccc6)c5c5ccc(-c6ccc9c(c6)C6CC(C(C)(C)C)CCC6(C)N9c6ccccc6)c3c54)c87)ccc1N2c1ccccc1. The van der Waals surface area contributed by atoms with Gasteiger partial charge in [0, 0.05) is 91.3 Å². The zero-order chi connectivity index (χ0) is 92.3. The van der Waals surface area contributed by atoms with Crippen LogP contribution in [0, 0.1) is 45.3 Å². The quantitative estimate of drug-likeness (QED) is 0.121. The fourth-order valence-corrected chi connectivity index (χ4v) is 30.2. The molecule has 25 rings (SSSR count). The summed E-state index contributed by atoms with van der Waals surface area (Å²) in [5.74, 6) is 3.71. The summed E-state index contributed by atoms with van der Waals surface area (Å²) in [4.78, 5) is 11.1. The number of hydrogen-bond donors (Lipinski definition) is 0. The summed E-state index contributed by atoms with van der Waals surface area (Å²) < 4.78 is 0. The molecule has 4 aliphatic heterocycles. The maximum atomic E-state index is 2.79. The van der Waals surface area contributed by atoms with Crippen molar-refractivity contribution in [3.05, 3.63) is 326 Å². The maximum absolute atomic E-state index is 2.79. The molecule has 0 N–H and O–H groups in total. The zero-order valence-corrected chi connectivity index (χ0v) is 82.5. The molecule has 0 spiro atoms. The summed E-state index contributed by atoms with van der Waals surface area (Å²) in [6.45, 7) is 40.4. The molecule has 8 aliphatic rings. The molecule has 0 amide bonds. The van der Waals surface area contributed by atoms with Crippen LogP contribution in [-0.2, 0) is 0 Å². The Morgan fingerprint density at radius 2 is 0.533 bits per heavy atom. The van der Waals surface area contributed by atoms with E-state index in [0.717, 1.165) is 44.9 Å². The van der Waals surface area contributed by atoms with E-state index in [2.05, 4.69) is 434 Å². The lowest BCUT2D eigenvalue weighted by molar-refractivity contribution is 0.0660. The molecule has 135 heavy (non-hydrogen) atoms. The molecular formula is C131H132N4. The van der Waals surface area contributed by atoms with Crippen LogP contribution < -0.4 is 19.6 Å². The van der Waals surface area contributed by atoms with Crippen molar-refractivity contribution < 1.29 is 0 Å². The molecule has 0 bridgehead atoms. The van der Waals surface area contributed by atoms with Gasteiger partial charge in [-0.05, 0) is 401 Å². The first kappa shape index (κ1) is 84.7. The van der Waals surface area contributed by atoms with Crippen molar-refractivity contribution in [1.82, 2.24) is 0 Å². The Bertz CT molecular complexity index is 7290. The largest absolute Gasteiger partial charge is 0.335 e. The highest BCUT2D eigenvalue weighted by Gasteiger charge is 2.59. The highest BCUT2D eigenvalue weighted by Crippen LogP contribution is 2.69. The van der Waals surface area contributed by atoms with Gasteiger partial charge in [-0.3, -0.25) is 0 Å². The van der Waals surface area contributed by atoms with Gasteiger partial charge in [-0.25, -0.2) is 0 Å². The van der Waals surface area contributed by atoms with Gasteiger partial charge in [-0.2, -0.15) is 0 Å². The molecule has 4 heteroatoms. The molecular weight excluding hydrogens is 1630 g/mol. The Labute approximate surface area is 801 Å². The van der Waals surface area contributed by atoms with Crippen molar-refractivity contribution in [2.75, 3.05) is 19.6 Å². The molecule has 0 aromatic heterocycles. The summed E-state index contributed by atoms with van der Waals surface area (Å²) in [7, 11) is 0. The van der Waals surface area contributed by atoms with Crippen molar-refractivity contribution in [3.63, 3.8) is 0 Å². The molecule has 0 radical (unpaired) electrons. The van der Waals surface area contributed by atoms with Gasteiger partial charge in [0.2, 0.25) is 0 Å². The van der Waals surface area contributed by atoms with Crippen molar-refractivity contribution in [2.45, 2.75) is 240 Å². The van der Waals surface area contributed by atoms with Crippen LogP contribution in [0.2, 0.25) is 0 Å². The van der Waals surface area contributed by atoms with E-state index in [9.17, 15) is 0 Å². The molecule has 12 unspecified atom stereocenters. The first-order valence-electron chi connectivity index (χ1n) is 51.6. The first-order chi connectivity index (χ1) is 65.1. The zero-order valence-electron chi connectivity index (χ0n) is 82.5. The molecule has 4 heterocycles. The number of hydrogen-bond acceptors (Lipinski definition) is 4. The fourth-order valence-electron chi connectivity index (χ4n) is 30.2. The summed E-state index contributed by atoms with van der Waals surface area (Å²) in [6, 6.07) is 121. The third kappa shape index (κ3) is 12.4. The fraction of sp³-hybridized carbons (Fsp3) is 0.344. The monoisotopic (exact) mass is 1760 g/mol. The molecule has 4 saturated carbocycles. The average Bonchev–Trinajstić information content (AvgIpc) is 1.51. The van der Waals surface area contributed by atoms with Gasteiger partial charge in [0.25, 0.3) is 0 Å². The summed E-state index contributed by atoms with van der Waals surface area (Å²) in [6.07, 6.45) is 15.3. The van der Waals surface area contributed by atoms with Gasteiger partial charge in [0.05, 0.1) is 0 Å². The van der Waals surface area contributed by atoms with Crippen LogP contribution in [0.3, 0.4) is 0 Å². The van der Waals surface area contributed by atoms with E-state index in [0.29, 0.717) is 47.3 Å². The van der Waals surface area contributed by atoms with Gasteiger partial charge < -0.3 is 19.6 Å². The van der Waals surface area contributed by atoms with Crippen LogP contribution in [0.1, 0.15) is 240 Å². The number of para-hydroxylation sites is 4. The number of nitrogens with zero attached hydrogens (tertiary/aromatic N) is 4. The van der Waals surface area contributed by atoms with Gasteiger partial charge in [0.1, 0.15) is 0 Å². The van der Waals surface area contributed by atoms with Crippen LogP contribution >= 0.6 is 0 Å². The second kappa shape index (κ2) is 30.3. The van der Waals surface area contributed by atoms with E-state index >= 15 is 0 Å². The van der Waals surface area contributed by atoms with Gasteiger partial charge in [-0.1, -0.05) is 296 Å². The molecule has 4 nitrogen and oxygen atoms in total. The molecule has 12 atom stereocenters. The van der Waals surface area contributed by atoms with Gasteiger partial charge >= 0.3 is 0 Å². The van der Waals surface area contributed by atoms with Crippen LogP contribution in [-0.4, -0.2) is 22.2 Å². The summed E-state index contributed by atoms with van der Waals surface area (Å²) in [5.41, 5.74) is 32.5. The third-order valence-electron chi connectivity index (χ3n) is 37.8. The molecule has 0 saturated heterocycles. The van der Waals surface area contributed by atoms with E-state index in [1.54, 1.807) is 0 Å². The Kier molecular flexibility index (Phi) is 19.0. The molecule has 4 aliphatic carbocycles. The second-order valence-corrected chi connectivity index (χ2v) is 47.6. The smallest absolute Gasteiger partial charge is 0.0493 e. The van der Waals surface area contributed by atoms with Crippen LogP contribution in [0.15, 0.2) is 303 Å². The topological polar surface area (TPSA) is 13.0 Å². The molecule has 17 aromatic rings. The minimum Gasteiger partial charge on any atom is -0.335 e. The molecule has 17 aromatic carbocycles. The molecule has 4 fully saturated rings. The Hall–Kier alpha value is -12.0.